The maximum atomic E-state index is 6.14. The van der Waals surface area contributed by atoms with Gasteiger partial charge < -0.3 is 9.64 Å². The number of hydrogen-bond acceptors (Lipinski definition) is 1. The Kier molecular flexibility index (Phi) is 3.80. The fourth-order valence-electron chi connectivity index (χ4n) is 3.06. The minimum atomic E-state index is -0.207. The van der Waals surface area contributed by atoms with Gasteiger partial charge in [-0.05, 0) is 46.0 Å². The minimum Gasteiger partial charge on any atom is -0.357 e. The zero-order valence-corrected chi connectivity index (χ0v) is 11.6. The Balaban J connectivity index is 1.89. The maximum absolute atomic E-state index is 6.14. The van der Waals surface area contributed by atoms with E-state index >= 15 is 0 Å². The van der Waals surface area contributed by atoms with E-state index < -0.39 is 0 Å². The predicted molar refractivity (Wildman–Crippen MR) is 70.0 cm³/mol. The smallest absolute Gasteiger partial charge is 0.139 e. The van der Waals surface area contributed by atoms with Crippen LogP contribution in [0.2, 0.25) is 0 Å². The lowest BCUT2D eigenvalue weighted by Crippen LogP contribution is -3.09. The molecule has 0 bridgehead atoms. The molecule has 2 heterocycles. The Labute approximate surface area is 106 Å². The van der Waals surface area contributed by atoms with E-state index in [-0.39, 0.29) is 11.2 Å². The summed E-state index contributed by atoms with van der Waals surface area (Å²) in [5.41, 5.74) is -0.205. The molecule has 2 fully saturated rings. The lowest BCUT2D eigenvalue weighted by atomic mass is 9.88. The summed E-state index contributed by atoms with van der Waals surface area (Å²) in [6.07, 6.45) is 6.21. The molecular formula is C15H26NO+. The first-order chi connectivity index (χ1) is 7.99. The molecule has 2 nitrogen and oxygen atoms in total. The van der Waals surface area contributed by atoms with Crippen molar-refractivity contribution in [1.29, 1.82) is 0 Å². The summed E-state index contributed by atoms with van der Waals surface area (Å²) in [6, 6.07) is 0. The lowest BCUT2D eigenvalue weighted by Gasteiger charge is -2.40. The lowest BCUT2D eigenvalue weighted by molar-refractivity contribution is -0.879. The van der Waals surface area contributed by atoms with Gasteiger partial charge in [0.1, 0.15) is 12.1 Å². The molecule has 0 saturated carbocycles. The third kappa shape index (κ3) is 3.72. The molecule has 2 aliphatic rings. The second-order valence-electron chi connectivity index (χ2n) is 6.38. The van der Waals surface area contributed by atoms with Crippen LogP contribution in [0.1, 0.15) is 52.9 Å². The molecule has 2 rings (SSSR count). The molecule has 0 aromatic carbocycles. The van der Waals surface area contributed by atoms with Gasteiger partial charge in [0.2, 0.25) is 0 Å². The fraction of sp³-hybridized carbons (Fsp3) is 0.867. The molecule has 0 radical (unpaired) electrons. The molecule has 2 heteroatoms. The number of likely N-dealkylation sites (tertiary alicyclic amines) is 1. The fourth-order valence-corrected chi connectivity index (χ4v) is 3.06. The van der Waals surface area contributed by atoms with Crippen molar-refractivity contribution >= 4 is 0 Å². The van der Waals surface area contributed by atoms with Gasteiger partial charge >= 0.3 is 0 Å². The highest BCUT2D eigenvalue weighted by Gasteiger charge is 2.35. The molecule has 0 unspecified atom stereocenters. The van der Waals surface area contributed by atoms with E-state index in [2.05, 4.69) is 32.6 Å². The minimum absolute atomic E-state index is 0.00216. The second kappa shape index (κ2) is 5.00. The predicted octanol–water partition coefficient (Wildman–Crippen LogP) is 1.41. The molecule has 1 N–H and O–H groups in total. The van der Waals surface area contributed by atoms with E-state index in [1.54, 1.807) is 4.90 Å². The summed E-state index contributed by atoms with van der Waals surface area (Å²) in [6.45, 7) is 10.1. The van der Waals surface area contributed by atoms with Crippen molar-refractivity contribution in [2.45, 2.75) is 64.1 Å². The number of rotatable bonds is 1. The number of ether oxygens (including phenoxy) is 1. The van der Waals surface area contributed by atoms with Gasteiger partial charge in [0.25, 0.3) is 0 Å². The Morgan fingerprint density at radius 1 is 1.06 bits per heavy atom. The highest BCUT2D eigenvalue weighted by Crippen LogP contribution is 2.34. The topological polar surface area (TPSA) is 13.7 Å². The van der Waals surface area contributed by atoms with E-state index in [9.17, 15) is 0 Å². The number of hydrogen-bond donors (Lipinski definition) is 1. The molecule has 1 atom stereocenters. The quantitative estimate of drug-likeness (QED) is 0.680. The summed E-state index contributed by atoms with van der Waals surface area (Å²) in [4.78, 5) is 1.65. The van der Waals surface area contributed by atoms with Crippen LogP contribution in [0.25, 0.3) is 0 Å². The molecule has 96 valence electrons. The van der Waals surface area contributed by atoms with Crippen LogP contribution in [-0.4, -0.2) is 30.8 Å². The van der Waals surface area contributed by atoms with E-state index in [1.165, 1.54) is 32.4 Å². The van der Waals surface area contributed by atoms with Gasteiger partial charge in [-0.1, -0.05) is 5.92 Å². The number of quaternary nitrogens is 1. The summed E-state index contributed by atoms with van der Waals surface area (Å²) < 4.78 is 6.14. The molecule has 0 aliphatic carbocycles. The van der Waals surface area contributed by atoms with Crippen LogP contribution in [0, 0.1) is 11.8 Å². The van der Waals surface area contributed by atoms with Crippen molar-refractivity contribution in [2.75, 3.05) is 19.6 Å². The zero-order valence-electron chi connectivity index (χ0n) is 11.6. The Morgan fingerprint density at radius 3 is 2.41 bits per heavy atom. The molecular weight excluding hydrogens is 210 g/mol. The van der Waals surface area contributed by atoms with Gasteiger partial charge in [0.05, 0.1) is 18.7 Å². The first kappa shape index (κ1) is 12.9. The van der Waals surface area contributed by atoms with E-state index in [0.717, 1.165) is 19.4 Å². The SMILES string of the molecule is CC1(C)CCC[C@](C)(C#CC[NH+]2CCCC2)O1. The monoisotopic (exact) mass is 236 g/mol. The summed E-state index contributed by atoms with van der Waals surface area (Å²) in [7, 11) is 0. The Hall–Kier alpha value is -0.520. The van der Waals surface area contributed by atoms with Crippen LogP contribution in [0.5, 0.6) is 0 Å². The van der Waals surface area contributed by atoms with Crippen LogP contribution in [-0.2, 0) is 4.74 Å². The number of nitrogens with one attached hydrogen (secondary N) is 1. The van der Waals surface area contributed by atoms with Crippen molar-refractivity contribution in [3.05, 3.63) is 0 Å². The molecule has 0 aromatic heterocycles. The standard InChI is InChI=1S/C15H25NO/c1-14(2)8-6-9-15(3,17-14)10-7-13-16-11-4-5-12-16/h4-6,8-9,11-13H2,1-3H3/p+1/t15-/m1/s1. The van der Waals surface area contributed by atoms with Crippen LogP contribution in [0.15, 0.2) is 0 Å². The first-order valence-electron chi connectivity index (χ1n) is 7.03. The Morgan fingerprint density at radius 2 is 1.76 bits per heavy atom. The van der Waals surface area contributed by atoms with Crippen LogP contribution in [0.3, 0.4) is 0 Å². The highest BCUT2D eigenvalue weighted by molar-refractivity contribution is 5.14. The molecule has 0 spiro atoms. The summed E-state index contributed by atoms with van der Waals surface area (Å²) in [5.74, 6) is 6.75. The van der Waals surface area contributed by atoms with Gasteiger partial charge in [-0.25, -0.2) is 0 Å². The molecule has 2 aliphatic heterocycles. The molecule has 0 amide bonds. The average molecular weight is 236 g/mol. The average Bonchev–Trinajstić information content (AvgIpc) is 2.68. The molecule has 0 aromatic rings. The maximum Gasteiger partial charge on any atom is 0.139 e. The largest absolute Gasteiger partial charge is 0.357 e. The van der Waals surface area contributed by atoms with E-state index in [0.29, 0.717) is 0 Å². The second-order valence-corrected chi connectivity index (χ2v) is 6.38. The van der Waals surface area contributed by atoms with Crippen molar-refractivity contribution in [3.8, 4) is 11.8 Å². The zero-order chi connectivity index (χ0) is 12.4. The third-order valence-corrected chi connectivity index (χ3v) is 3.94. The highest BCUT2D eigenvalue weighted by atomic mass is 16.5. The van der Waals surface area contributed by atoms with Crippen molar-refractivity contribution in [1.82, 2.24) is 0 Å². The van der Waals surface area contributed by atoms with E-state index in [1.807, 2.05) is 0 Å². The normalized spacial score (nSPS) is 33.1. The van der Waals surface area contributed by atoms with Gasteiger partial charge in [-0.3, -0.25) is 0 Å². The van der Waals surface area contributed by atoms with Crippen molar-refractivity contribution < 1.29 is 9.64 Å². The van der Waals surface area contributed by atoms with Gasteiger partial charge in [0, 0.05) is 12.8 Å². The van der Waals surface area contributed by atoms with E-state index in [4.69, 9.17) is 4.74 Å². The van der Waals surface area contributed by atoms with Crippen LogP contribution in [0.4, 0.5) is 0 Å². The van der Waals surface area contributed by atoms with Gasteiger partial charge in [0.15, 0.2) is 0 Å². The third-order valence-electron chi connectivity index (χ3n) is 3.94. The van der Waals surface area contributed by atoms with Crippen molar-refractivity contribution in [3.63, 3.8) is 0 Å². The van der Waals surface area contributed by atoms with Gasteiger partial charge in [-0.2, -0.15) is 0 Å². The van der Waals surface area contributed by atoms with Crippen LogP contribution < -0.4 is 4.90 Å². The summed E-state index contributed by atoms with van der Waals surface area (Å²) in [5, 5.41) is 0. The van der Waals surface area contributed by atoms with Crippen LogP contribution >= 0.6 is 0 Å². The molecule has 2 saturated heterocycles. The Bertz CT molecular complexity index is 320. The van der Waals surface area contributed by atoms with Gasteiger partial charge in [-0.15, -0.1) is 0 Å². The molecule has 17 heavy (non-hydrogen) atoms. The van der Waals surface area contributed by atoms with Crippen molar-refractivity contribution in [2.24, 2.45) is 0 Å². The summed E-state index contributed by atoms with van der Waals surface area (Å²) >= 11 is 0. The first-order valence-corrected chi connectivity index (χ1v) is 7.03.